The normalized spacial score (nSPS) is 11.0. The van der Waals surface area contributed by atoms with Crippen molar-refractivity contribution in [3.8, 4) is 17.2 Å². The van der Waals surface area contributed by atoms with E-state index in [9.17, 15) is 0 Å². The average Bonchev–Trinajstić information content (AvgIpc) is 2.97. The zero-order valence-electron chi connectivity index (χ0n) is 14.0. The van der Waals surface area contributed by atoms with Crippen LogP contribution in [0.3, 0.4) is 0 Å². The predicted octanol–water partition coefficient (Wildman–Crippen LogP) is 4.62. The summed E-state index contributed by atoms with van der Waals surface area (Å²) in [6, 6.07) is 15.3. The minimum Gasteiger partial charge on any atom is -0.496 e. The van der Waals surface area contributed by atoms with E-state index in [-0.39, 0.29) is 0 Å². The number of aromatic nitrogens is 2. The van der Waals surface area contributed by atoms with Gasteiger partial charge in [-0.2, -0.15) is 0 Å². The van der Waals surface area contributed by atoms with Gasteiger partial charge in [0, 0.05) is 11.6 Å². The smallest absolute Gasteiger partial charge is 0.288 e. The first-order valence-corrected chi connectivity index (χ1v) is 8.50. The summed E-state index contributed by atoms with van der Waals surface area (Å²) in [5.74, 6) is 1.14. The van der Waals surface area contributed by atoms with E-state index in [0.29, 0.717) is 23.1 Å². The Hall–Kier alpha value is -2.15. The van der Waals surface area contributed by atoms with Crippen LogP contribution in [0.15, 0.2) is 52.9 Å². The third-order valence-corrected chi connectivity index (χ3v) is 4.23. The second-order valence-corrected chi connectivity index (χ2v) is 6.44. The van der Waals surface area contributed by atoms with Crippen LogP contribution in [0.4, 0.5) is 0 Å². The Balaban J connectivity index is 1.76. The number of methoxy groups -OCH3 is 1. The Morgan fingerprint density at radius 2 is 1.92 bits per heavy atom. The lowest BCUT2D eigenvalue weighted by molar-refractivity contribution is 0.240. The van der Waals surface area contributed by atoms with Crippen LogP contribution in [0, 0.1) is 4.84 Å². The molecule has 0 aliphatic heterocycles. The Morgan fingerprint density at radius 3 is 2.64 bits per heavy atom. The molecule has 7 heteroatoms. The zero-order chi connectivity index (χ0) is 17.8. The molecule has 0 aliphatic rings. The minimum atomic E-state index is 0.323. The summed E-state index contributed by atoms with van der Waals surface area (Å²) in [4.78, 5) is 2.41. The first kappa shape index (κ1) is 17.7. The largest absolute Gasteiger partial charge is 0.496 e. The number of nitrogens with zero attached hydrogens (tertiary/aromatic N) is 3. The molecule has 0 spiro atoms. The summed E-state index contributed by atoms with van der Waals surface area (Å²) < 4.78 is 12.7. The molecule has 3 aromatic rings. The van der Waals surface area contributed by atoms with Gasteiger partial charge in [0.15, 0.2) is 0 Å². The number of hydrogen-bond donors (Lipinski definition) is 0. The zero-order valence-corrected chi connectivity index (χ0v) is 15.5. The molecule has 0 amide bonds. The fourth-order valence-corrected chi connectivity index (χ4v) is 2.81. The molecule has 0 fully saturated rings. The highest BCUT2D eigenvalue weighted by molar-refractivity contribution is 7.71. The van der Waals surface area contributed by atoms with E-state index in [2.05, 4.69) is 10.00 Å². The number of halogens is 1. The van der Waals surface area contributed by atoms with E-state index in [1.807, 2.05) is 55.6 Å². The summed E-state index contributed by atoms with van der Waals surface area (Å²) >= 11 is 11.2. The lowest BCUT2D eigenvalue weighted by atomic mass is 10.2. The summed E-state index contributed by atoms with van der Waals surface area (Å²) in [6.45, 7) is 1.26. The number of para-hydroxylation sites is 1. The average molecular weight is 376 g/mol. The van der Waals surface area contributed by atoms with Crippen molar-refractivity contribution < 1.29 is 9.15 Å². The minimum absolute atomic E-state index is 0.323. The molecule has 0 saturated heterocycles. The van der Waals surface area contributed by atoms with Crippen molar-refractivity contribution >= 4 is 23.8 Å². The molecule has 0 saturated carbocycles. The number of hydrogen-bond acceptors (Lipinski definition) is 5. The topological polar surface area (TPSA) is 43.4 Å². The first-order valence-electron chi connectivity index (χ1n) is 7.71. The monoisotopic (exact) mass is 375 g/mol. The molecule has 0 aliphatic carbocycles. The molecule has 0 atom stereocenters. The van der Waals surface area contributed by atoms with E-state index >= 15 is 0 Å². The molecule has 0 bridgehead atoms. The van der Waals surface area contributed by atoms with Gasteiger partial charge in [-0.05, 0) is 49.1 Å². The molecule has 3 rings (SSSR count). The SMILES string of the molecule is COc1ccccc1-c1nn(CN(C)Cc2ccc(Cl)cc2)c(=S)o1. The first-order chi connectivity index (χ1) is 12.1. The van der Waals surface area contributed by atoms with Gasteiger partial charge in [-0.25, -0.2) is 4.68 Å². The molecule has 2 aromatic carbocycles. The Kier molecular flexibility index (Phi) is 5.53. The van der Waals surface area contributed by atoms with Gasteiger partial charge in [-0.15, -0.1) is 5.10 Å². The molecule has 5 nitrogen and oxygen atoms in total. The maximum absolute atomic E-state index is 5.92. The number of ether oxygens (including phenoxy) is 1. The van der Waals surface area contributed by atoms with Crippen LogP contribution >= 0.6 is 23.8 Å². The van der Waals surface area contributed by atoms with Crippen molar-refractivity contribution in [1.82, 2.24) is 14.7 Å². The van der Waals surface area contributed by atoms with Crippen LogP contribution < -0.4 is 4.74 Å². The fraction of sp³-hybridized carbons (Fsp3) is 0.222. The van der Waals surface area contributed by atoms with E-state index in [1.165, 1.54) is 0 Å². The predicted molar refractivity (Wildman–Crippen MR) is 100 cm³/mol. The second kappa shape index (κ2) is 7.82. The third kappa shape index (κ3) is 4.28. The van der Waals surface area contributed by atoms with Gasteiger partial charge in [0.1, 0.15) is 5.75 Å². The lowest BCUT2D eigenvalue weighted by Crippen LogP contribution is -2.22. The standard InChI is InChI=1S/C18H18ClN3O2S/c1-21(11-13-7-9-14(19)10-8-13)12-22-18(25)24-17(20-22)15-5-3-4-6-16(15)23-2/h3-10H,11-12H2,1-2H3. The van der Waals surface area contributed by atoms with Gasteiger partial charge in [0.2, 0.25) is 0 Å². The summed E-state index contributed by atoms with van der Waals surface area (Å²) in [7, 11) is 3.61. The Morgan fingerprint density at radius 1 is 1.20 bits per heavy atom. The van der Waals surface area contributed by atoms with Gasteiger partial charge in [0.05, 0.1) is 19.3 Å². The van der Waals surface area contributed by atoms with Gasteiger partial charge >= 0.3 is 0 Å². The van der Waals surface area contributed by atoms with Crippen molar-refractivity contribution in [2.45, 2.75) is 13.2 Å². The maximum Gasteiger partial charge on any atom is 0.288 e. The van der Waals surface area contributed by atoms with E-state index in [0.717, 1.165) is 22.7 Å². The highest BCUT2D eigenvalue weighted by Gasteiger charge is 2.13. The molecule has 25 heavy (non-hydrogen) atoms. The fourth-order valence-electron chi connectivity index (χ4n) is 2.51. The molecule has 1 heterocycles. The van der Waals surface area contributed by atoms with Crippen molar-refractivity contribution in [2.75, 3.05) is 14.2 Å². The van der Waals surface area contributed by atoms with Crippen LogP contribution in [-0.2, 0) is 13.2 Å². The van der Waals surface area contributed by atoms with E-state index in [4.69, 9.17) is 33.0 Å². The van der Waals surface area contributed by atoms with Crippen molar-refractivity contribution in [3.05, 3.63) is 64.0 Å². The molecule has 1 aromatic heterocycles. The molecule has 0 N–H and O–H groups in total. The van der Waals surface area contributed by atoms with Gasteiger partial charge in [0.25, 0.3) is 10.7 Å². The van der Waals surface area contributed by atoms with Gasteiger partial charge in [-0.3, -0.25) is 4.90 Å². The lowest BCUT2D eigenvalue weighted by Gasteiger charge is -2.16. The van der Waals surface area contributed by atoms with Crippen molar-refractivity contribution in [3.63, 3.8) is 0 Å². The van der Waals surface area contributed by atoms with Crippen LogP contribution in [0.1, 0.15) is 5.56 Å². The van der Waals surface area contributed by atoms with E-state index < -0.39 is 0 Å². The maximum atomic E-state index is 5.92. The molecule has 0 unspecified atom stereocenters. The summed E-state index contributed by atoms with van der Waals surface area (Å²) in [5, 5.41) is 5.22. The van der Waals surface area contributed by atoms with E-state index in [1.54, 1.807) is 11.8 Å². The molecular weight excluding hydrogens is 358 g/mol. The van der Waals surface area contributed by atoms with Crippen LogP contribution in [0.2, 0.25) is 5.02 Å². The number of rotatable bonds is 6. The van der Waals surface area contributed by atoms with Crippen molar-refractivity contribution in [1.29, 1.82) is 0 Å². The van der Waals surface area contributed by atoms with Crippen LogP contribution in [-0.4, -0.2) is 28.8 Å². The van der Waals surface area contributed by atoms with Gasteiger partial charge in [-0.1, -0.05) is 35.9 Å². The summed E-state index contributed by atoms with van der Waals surface area (Å²) in [5.41, 5.74) is 1.93. The van der Waals surface area contributed by atoms with Crippen LogP contribution in [0.25, 0.3) is 11.5 Å². The third-order valence-electron chi connectivity index (χ3n) is 3.68. The van der Waals surface area contributed by atoms with Crippen LogP contribution in [0.5, 0.6) is 5.75 Å². The Bertz CT molecular complexity index is 905. The molecular formula is C18H18ClN3O2S. The molecule has 0 radical (unpaired) electrons. The number of benzene rings is 2. The highest BCUT2D eigenvalue weighted by Crippen LogP contribution is 2.28. The van der Waals surface area contributed by atoms with Gasteiger partial charge < -0.3 is 9.15 Å². The quantitative estimate of drug-likeness (QED) is 0.588. The summed E-state index contributed by atoms with van der Waals surface area (Å²) in [6.07, 6.45) is 0. The van der Waals surface area contributed by atoms with Crippen molar-refractivity contribution in [2.24, 2.45) is 0 Å². The molecule has 130 valence electrons. The highest BCUT2D eigenvalue weighted by atomic mass is 35.5. The second-order valence-electron chi connectivity index (χ2n) is 5.66. The Labute approximate surface area is 156 Å².